The van der Waals surface area contributed by atoms with Gasteiger partial charge < -0.3 is 23.3 Å². The summed E-state index contributed by atoms with van der Waals surface area (Å²) in [6, 6.07) is 10.1. The van der Waals surface area contributed by atoms with Gasteiger partial charge in [0, 0.05) is 40.2 Å². The fourth-order valence-electron chi connectivity index (χ4n) is 2.20. The third-order valence-corrected chi connectivity index (χ3v) is 6.43. The van der Waals surface area contributed by atoms with Crippen molar-refractivity contribution in [1.29, 1.82) is 0 Å². The molecule has 1 rings (SSSR count). The first-order valence-corrected chi connectivity index (χ1v) is 9.08. The fraction of sp³-hybridized carbons (Fsp3) is 0.600. The third kappa shape index (κ3) is 5.41. The molecular formula is C15H27NO4Si. The van der Waals surface area contributed by atoms with Crippen molar-refractivity contribution < 1.29 is 18.0 Å². The van der Waals surface area contributed by atoms with Crippen LogP contribution in [0.4, 0.5) is 5.69 Å². The van der Waals surface area contributed by atoms with Gasteiger partial charge in [-0.1, -0.05) is 25.1 Å². The van der Waals surface area contributed by atoms with Gasteiger partial charge in [0.1, 0.15) is 5.73 Å². The van der Waals surface area contributed by atoms with Crippen molar-refractivity contribution in [2.45, 2.75) is 25.5 Å². The van der Waals surface area contributed by atoms with Crippen molar-refractivity contribution in [3.63, 3.8) is 0 Å². The standard InChI is InChI=1S/C15H27NO4Si/c1-5-15(21(17-2,18-3)19-4)20-13-9-12-16-14-10-7-6-8-11-14/h6-8,10-11,15-16H,5,9,12-13H2,1-4H3. The van der Waals surface area contributed by atoms with Gasteiger partial charge >= 0.3 is 8.80 Å². The summed E-state index contributed by atoms with van der Waals surface area (Å²) in [5, 5.41) is 3.35. The minimum atomic E-state index is -2.71. The Kier molecular flexibility index (Phi) is 8.56. The van der Waals surface area contributed by atoms with Crippen LogP contribution in [0.2, 0.25) is 0 Å². The molecule has 1 aromatic rings. The normalized spacial score (nSPS) is 13.1. The zero-order chi connectivity index (χ0) is 15.6. The van der Waals surface area contributed by atoms with Crippen LogP contribution in [0.15, 0.2) is 30.3 Å². The van der Waals surface area contributed by atoms with Crippen LogP contribution in [0.1, 0.15) is 19.8 Å². The Morgan fingerprint density at radius 2 is 1.67 bits per heavy atom. The highest BCUT2D eigenvalue weighted by Gasteiger charge is 2.47. The molecule has 0 saturated heterocycles. The van der Waals surface area contributed by atoms with Gasteiger partial charge in [-0.25, -0.2) is 0 Å². The van der Waals surface area contributed by atoms with Crippen molar-refractivity contribution in [1.82, 2.24) is 0 Å². The van der Waals surface area contributed by atoms with E-state index in [1.54, 1.807) is 21.3 Å². The maximum Gasteiger partial charge on any atom is 0.530 e. The summed E-state index contributed by atoms with van der Waals surface area (Å²) in [7, 11) is 2.13. The maximum absolute atomic E-state index is 5.91. The lowest BCUT2D eigenvalue weighted by molar-refractivity contribution is 0.0115. The molecule has 1 N–H and O–H groups in total. The van der Waals surface area contributed by atoms with Crippen LogP contribution in [0.25, 0.3) is 0 Å². The molecule has 0 saturated carbocycles. The van der Waals surface area contributed by atoms with E-state index in [1.165, 1.54) is 0 Å². The van der Waals surface area contributed by atoms with Crippen LogP contribution in [0.5, 0.6) is 0 Å². The molecule has 1 unspecified atom stereocenters. The van der Waals surface area contributed by atoms with E-state index in [1.807, 2.05) is 25.1 Å². The van der Waals surface area contributed by atoms with E-state index in [0.29, 0.717) is 6.61 Å². The minimum absolute atomic E-state index is 0.130. The summed E-state index contributed by atoms with van der Waals surface area (Å²) >= 11 is 0. The van der Waals surface area contributed by atoms with Crippen LogP contribution in [0, 0.1) is 0 Å². The predicted octanol–water partition coefficient (Wildman–Crippen LogP) is 2.70. The van der Waals surface area contributed by atoms with Gasteiger partial charge in [0.05, 0.1) is 0 Å². The second kappa shape index (κ2) is 9.91. The summed E-state index contributed by atoms with van der Waals surface area (Å²) in [6.45, 7) is 3.55. The molecule has 0 fully saturated rings. The van der Waals surface area contributed by atoms with Crippen LogP contribution in [-0.4, -0.2) is 49.0 Å². The van der Waals surface area contributed by atoms with Crippen LogP contribution < -0.4 is 5.32 Å². The van der Waals surface area contributed by atoms with E-state index >= 15 is 0 Å². The third-order valence-electron chi connectivity index (χ3n) is 3.36. The molecule has 21 heavy (non-hydrogen) atoms. The molecular weight excluding hydrogens is 286 g/mol. The molecule has 0 bridgehead atoms. The zero-order valence-corrected chi connectivity index (χ0v) is 14.4. The maximum atomic E-state index is 5.91. The monoisotopic (exact) mass is 313 g/mol. The second-order valence-corrected chi connectivity index (χ2v) is 7.71. The van der Waals surface area contributed by atoms with Gasteiger partial charge in [-0.15, -0.1) is 0 Å². The van der Waals surface area contributed by atoms with Gasteiger partial charge in [0.25, 0.3) is 0 Å². The molecule has 6 heteroatoms. The molecule has 0 aliphatic heterocycles. The molecule has 0 radical (unpaired) electrons. The molecule has 120 valence electrons. The van der Waals surface area contributed by atoms with Crippen LogP contribution >= 0.6 is 0 Å². The topological polar surface area (TPSA) is 49.0 Å². The number of hydrogen-bond acceptors (Lipinski definition) is 5. The Hall–Kier alpha value is -0.923. The lowest BCUT2D eigenvalue weighted by atomic mass is 10.3. The molecule has 0 aliphatic carbocycles. The zero-order valence-electron chi connectivity index (χ0n) is 13.4. The Morgan fingerprint density at radius 3 is 2.19 bits per heavy atom. The molecule has 0 amide bonds. The van der Waals surface area contributed by atoms with Crippen molar-refractivity contribution in [2.24, 2.45) is 0 Å². The summed E-state index contributed by atoms with van der Waals surface area (Å²) < 4.78 is 22.3. The van der Waals surface area contributed by atoms with E-state index in [-0.39, 0.29) is 5.73 Å². The van der Waals surface area contributed by atoms with Crippen LogP contribution in [0.3, 0.4) is 0 Å². The van der Waals surface area contributed by atoms with Crippen molar-refractivity contribution in [2.75, 3.05) is 39.8 Å². The molecule has 1 aromatic carbocycles. The lowest BCUT2D eigenvalue weighted by Crippen LogP contribution is -2.55. The van der Waals surface area contributed by atoms with Gasteiger partial charge in [-0.3, -0.25) is 0 Å². The summed E-state index contributed by atoms with van der Waals surface area (Å²) in [4.78, 5) is 0. The van der Waals surface area contributed by atoms with Gasteiger partial charge in [-0.2, -0.15) is 0 Å². The highest BCUT2D eigenvalue weighted by molar-refractivity contribution is 6.62. The number of nitrogens with one attached hydrogen (secondary N) is 1. The number of rotatable bonds is 11. The highest BCUT2D eigenvalue weighted by atomic mass is 28.4. The van der Waals surface area contributed by atoms with E-state index in [9.17, 15) is 0 Å². The Morgan fingerprint density at radius 1 is 1.05 bits per heavy atom. The molecule has 1 atom stereocenters. The summed E-state index contributed by atoms with van der Waals surface area (Å²) in [5.41, 5.74) is 0.994. The molecule has 0 aliphatic rings. The van der Waals surface area contributed by atoms with Gasteiger partial charge in [-0.05, 0) is 25.0 Å². The Bertz CT molecular complexity index is 365. The Labute approximate surface area is 128 Å². The first kappa shape index (κ1) is 18.1. The smallest absolute Gasteiger partial charge is 0.385 e. The van der Waals surface area contributed by atoms with Gasteiger partial charge in [0.2, 0.25) is 0 Å². The molecule has 5 nitrogen and oxygen atoms in total. The second-order valence-electron chi connectivity index (χ2n) is 4.63. The average Bonchev–Trinajstić information content (AvgIpc) is 2.55. The first-order chi connectivity index (χ1) is 10.2. The largest absolute Gasteiger partial charge is 0.530 e. The fourth-order valence-corrected chi connectivity index (χ4v) is 4.31. The summed E-state index contributed by atoms with van der Waals surface area (Å²) in [6.07, 6.45) is 1.71. The van der Waals surface area contributed by atoms with E-state index in [0.717, 1.165) is 25.1 Å². The average molecular weight is 313 g/mol. The van der Waals surface area contributed by atoms with Crippen molar-refractivity contribution in [3.8, 4) is 0 Å². The summed E-state index contributed by atoms with van der Waals surface area (Å²) in [5.74, 6) is 0. The van der Waals surface area contributed by atoms with Gasteiger partial charge in [0.15, 0.2) is 0 Å². The van der Waals surface area contributed by atoms with Crippen molar-refractivity contribution in [3.05, 3.63) is 30.3 Å². The molecule has 0 heterocycles. The quantitative estimate of drug-likeness (QED) is 0.503. The van der Waals surface area contributed by atoms with E-state index < -0.39 is 8.80 Å². The number of ether oxygens (including phenoxy) is 1. The SMILES string of the molecule is CCC(OCCCNc1ccccc1)[Si](OC)(OC)OC. The number of para-hydroxylation sites is 1. The number of hydrogen-bond donors (Lipinski definition) is 1. The minimum Gasteiger partial charge on any atom is -0.385 e. The van der Waals surface area contributed by atoms with E-state index in [4.69, 9.17) is 18.0 Å². The number of anilines is 1. The first-order valence-electron chi connectivity index (χ1n) is 7.28. The lowest BCUT2D eigenvalue weighted by Gasteiger charge is -2.31. The molecule has 0 spiro atoms. The highest BCUT2D eigenvalue weighted by Crippen LogP contribution is 2.18. The predicted molar refractivity (Wildman–Crippen MR) is 86.4 cm³/mol. The number of benzene rings is 1. The Balaban J connectivity index is 2.32. The van der Waals surface area contributed by atoms with E-state index in [2.05, 4.69) is 17.4 Å². The molecule has 0 aromatic heterocycles. The van der Waals surface area contributed by atoms with Crippen molar-refractivity contribution >= 4 is 14.5 Å². The van der Waals surface area contributed by atoms with Crippen LogP contribution in [-0.2, 0) is 18.0 Å².